The van der Waals surface area contributed by atoms with Gasteiger partial charge >= 0.3 is 0 Å². The summed E-state index contributed by atoms with van der Waals surface area (Å²) in [6, 6.07) is 11.3. The minimum atomic E-state index is 0.233. The normalized spacial score (nSPS) is 22.3. The zero-order valence-corrected chi connectivity index (χ0v) is 11.9. The lowest BCUT2D eigenvalue weighted by Crippen LogP contribution is -2.46. The van der Waals surface area contributed by atoms with Crippen LogP contribution < -0.4 is 5.32 Å². The molecule has 1 aromatic carbocycles. The molecule has 1 aliphatic rings. The van der Waals surface area contributed by atoms with Crippen molar-refractivity contribution in [2.75, 3.05) is 26.2 Å². The highest BCUT2D eigenvalue weighted by atomic mass is 16.3. The summed E-state index contributed by atoms with van der Waals surface area (Å²) in [6.45, 7) is 5.95. The number of likely N-dealkylation sites (tertiary alicyclic amines) is 1. The quantitative estimate of drug-likeness (QED) is 0.825. The summed E-state index contributed by atoms with van der Waals surface area (Å²) in [5, 5.41) is 13.0. The number of aliphatic hydroxyl groups is 1. The molecule has 1 unspecified atom stereocenters. The molecule has 0 aromatic heterocycles. The van der Waals surface area contributed by atoms with Crippen LogP contribution in [0, 0.1) is 0 Å². The minimum Gasteiger partial charge on any atom is -0.396 e. The van der Waals surface area contributed by atoms with Gasteiger partial charge in [-0.2, -0.15) is 0 Å². The average Bonchev–Trinajstić information content (AvgIpc) is 2.48. The minimum absolute atomic E-state index is 0.233. The van der Waals surface area contributed by atoms with Crippen molar-refractivity contribution < 1.29 is 5.11 Å². The molecule has 2 rings (SSSR count). The summed E-state index contributed by atoms with van der Waals surface area (Å²) in [7, 11) is 0. The second-order valence-electron chi connectivity index (χ2n) is 5.37. The number of aliphatic hydroxyl groups excluding tert-OH is 1. The molecule has 0 bridgehead atoms. The Bertz CT molecular complexity index is 355. The highest BCUT2D eigenvalue weighted by Gasteiger charge is 2.21. The molecule has 1 fully saturated rings. The lowest BCUT2D eigenvalue weighted by Gasteiger charge is -2.35. The number of benzene rings is 1. The van der Waals surface area contributed by atoms with Gasteiger partial charge in [-0.1, -0.05) is 37.3 Å². The lowest BCUT2D eigenvalue weighted by atomic mass is 9.99. The van der Waals surface area contributed by atoms with Crippen molar-refractivity contribution in [3.05, 3.63) is 35.9 Å². The van der Waals surface area contributed by atoms with E-state index in [1.54, 1.807) is 0 Å². The summed E-state index contributed by atoms with van der Waals surface area (Å²) in [4.78, 5) is 2.50. The average molecular weight is 262 g/mol. The van der Waals surface area contributed by atoms with Gasteiger partial charge in [-0.3, -0.25) is 0 Å². The van der Waals surface area contributed by atoms with Gasteiger partial charge in [-0.15, -0.1) is 0 Å². The zero-order chi connectivity index (χ0) is 13.5. The molecule has 3 nitrogen and oxygen atoms in total. The van der Waals surface area contributed by atoms with Crippen molar-refractivity contribution in [1.82, 2.24) is 10.2 Å². The molecule has 0 amide bonds. The first kappa shape index (κ1) is 14.5. The van der Waals surface area contributed by atoms with E-state index in [0.717, 1.165) is 19.5 Å². The molecule has 1 heterocycles. The smallest absolute Gasteiger partial charge is 0.0449 e. The number of rotatable bonds is 6. The predicted molar refractivity (Wildman–Crippen MR) is 79.2 cm³/mol. The molecule has 0 aliphatic carbocycles. The topological polar surface area (TPSA) is 35.5 Å². The second-order valence-corrected chi connectivity index (χ2v) is 5.37. The molecule has 3 heteroatoms. The van der Waals surface area contributed by atoms with Crippen LogP contribution in [0.15, 0.2) is 30.3 Å². The Labute approximate surface area is 116 Å². The van der Waals surface area contributed by atoms with Crippen LogP contribution in [0.25, 0.3) is 0 Å². The lowest BCUT2D eigenvalue weighted by molar-refractivity contribution is 0.181. The molecule has 19 heavy (non-hydrogen) atoms. The number of nitrogens with zero attached hydrogens (tertiary/aromatic N) is 1. The van der Waals surface area contributed by atoms with Crippen LogP contribution in [-0.4, -0.2) is 42.3 Å². The van der Waals surface area contributed by atoms with E-state index in [2.05, 4.69) is 41.4 Å². The molecule has 2 N–H and O–H groups in total. The number of hydrogen-bond acceptors (Lipinski definition) is 3. The maximum absolute atomic E-state index is 9.28. The number of nitrogens with one attached hydrogen (secondary N) is 1. The first-order valence-corrected chi connectivity index (χ1v) is 7.47. The Balaban J connectivity index is 1.96. The van der Waals surface area contributed by atoms with Crippen molar-refractivity contribution in [2.45, 2.75) is 38.3 Å². The third-order valence-corrected chi connectivity index (χ3v) is 4.01. The van der Waals surface area contributed by atoms with E-state index in [9.17, 15) is 5.11 Å². The molecule has 2 atom stereocenters. The third kappa shape index (κ3) is 4.30. The van der Waals surface area contributed by atoms with Gasteiger partial charge in [0.25, 0.3) is 0 Å². The highest BCUT2D eigenvalue weighted by Crippen LogP contribution is 2.19. The van der Waals surface area contributed by atoms with Crippen molar-refractivity contribution in [3.63, 3.8) is 0 Å². The Morgan fingerprint density at radius 1 is 1.37 bits per heavy atom. The molecule has 1 aliphatic heterocycles. The Morgan fingerprint density at radius 2 is 2.16 bits per heavy atom. The van der Waals surface area contributed by atoms with Gasteiger partial charge in [0.15, 0.2) is 0 Å². The predicted octanol–water partition coefficient (Wildman–Crippen LogP) is 2.18. The zero-order valence-electron chi connectivity index (χ0n) is 11.9. The molecular formula is C16H26N2O. The molecule has 1 aromatic rings. The SMILES string of the molecule is CCN1CCCC(N[C@H](CCO)c2ccccc2)C1. The summed E-state index contributed by atoms with van der Waals surface area (Å²) in [6.07, 6.45) is 3.30. The van der Waals surface area contributed by atoms with Crippen LogP contribution in [0.4, 0.5) is 0 Å². The van der Waals surface area contributed by atoms with Crippen molar-refractivity contribution >= 4 is 0 Å². The van der Waals surface area contributed by atoms with Gasteiger partial charge in [0.2, 0.25) is 0 Å². The summed E-state index contributed by atoms with van der Waals surface area (Å²) < 4.78 is 0. The van der Waals surface area contributed by atoms with E-state index in [4.69, 9.17) is 0 Å². The van der Waals surface area contributed by atoms with Crippen LogP contribution in [0.3, 0.4) is 0 Å². The fourth-order valence-corrected chi connectivity index (χ4v) is 2.92. The van der Waals surface area contributed by atoms with E-state index in [0.29, 0.717) is 6.04 Å². The first-order valence-electron chi connectivity index (χ1n) is 7.47. The summed E-state index contributed by atoms with van der Waals surface area (Å²) in [5.74, 6) is 0. The first-order chi connectivity index (χ1) is 9.33. The van der Waals surface area contributed by atoms with Crippen molar-refractivity contribution in [1.29, 1.82) is 0 Å². The van der Waals surface area contributed by atoms with E-state index in [1.807, 2.05) is 6.07 Å². The fourth-order valence-electron chi connectivity index (χ4n) is 2.92. The van der Waals surface area contributed by atoms with Gasteiger partial charge < -0.3 is 15.3 Å². The van der Waals surface area contributed by atoms with Crippen molar-refractivity contribution in [3.8, 4) is 0 Å². The molecule has 0 spiro atoms. The largest absolute Gasteiger partial charge is 0.396 e. The molecular weight excluding hydrogens is 236 g/mol. The van der Waals surface area contributed by atoms with E-state index in [-0.39, 0.29) is 12.6 Å². The van der Waals surface area contributed by atoms with Gasteiger partial charge in [0.05, 0.1) is 0 Å². The highest BCUT2D eigenvalue weighted by molar-refractivity contribution is 5.19. The standard InChI is InChI=1S/C16H26N2O/c1-2-18-11-6-9-15(13-18)17-16(10-12-19)14-7-4-3-5-8-14/h3-5,7-8,15-17,19H,2,6,9-13H2,1H3/t15?,16-/m1/s1. The number of hydrogen-bond donors (Lipinski definition) is 2. The molecule has 0 saturated carbocycles. The Hall–Kier alpha value is -0.900. The Morgan fingerprint density at radius 3 is 2.84 bits per heavy atom. The Kier molecular flexibility index (Phi) is 5.83. The molecule has 106 valence electrons. The van der Waals surface area contributed by atoms with E-state index in [1.165, 1.54) is 24.9 Å². The summed E-state index contributed by atoms with van der Waals surface area (Å²) >= 11 is 0. The van der Waals surface area contributed by atoms with E-state index < -0.39 is 0 Å². The molecule has 1 saturated heterocycles. The van der Waals surface area contributed by atoms with Gasteiger partial charge in [-0.05, 0) is 37.9 Å². The second kappa shape index (κ2) is 7.63. The maximum atomic E-state index is 9.28. The van der Waals surface area contributed by atoms with Crippen LogP contribution >= 0.6 is 0 Å². The van der Waals surface area contributed by atoms with Crippen molar-refractivity contribution in [2.24, 2.45) is 0 Å². The van der Waals surface area contributed by atoms with Gasteiger partial charge in [0.1, 0.15) is 0 Å². The van der Waals surface area contributed by atoms with Gasteiger partial charge in [-0.25, -0.2) is 0 Å². The monoisotopic (exact) mass is 262 g/mol. The maximum Gasteiger partial charge on any atom is 0.0449 e. The van der Waals surface area contributed by atoms with Crippen LogP contribution in [0.2, 0.25) is 0 Å². The third-order valence-electron chi connectivity index (χ3n) is 4.01. The fraction of sp³-hybridized carbons (Fsp3) is 0.625. The van der Waals surface area contributed by atoms with Crippen LogP contribution in [0.5, 0.6) is 0 Å². The van der Waals surface area contributed by atoms with Gasteiger partial charge in [0, 0.05) is 25.2 Å². The number of piperidine rings is 1. The molecule has 0 radical (unpaired) electrons. The number of likely N-dealkylation sites (N-methyl/N-ethyl adjacent to an activating group) is 1. The van der Waals surface area contributed by atoms with Crippen LogP contribution in [0.1, 0.15) is 37.8 Å². The summed E-state index contributed by atoms with van der Waals surface area (Å²) in [5.41, 5.74) is 1.28. The van der Waals surface area contributed by atoms with Crippen LogP contribution in [-0.2, 0) is 0 Å². The van der Waals surface area contributed by atoms with E-state index >= 15 is 0 Å².